The van der Waals surface area contributed by atoms with Gasteiger partial charge < -0.3 is 14.8 Å². The molecule has 9 heteroatoms. The monoisotopic (exact) mass is 496 g/mol. The van der Waals surface area contributed by atoms with E-state index in [1.165, 1.54) is 0 Å². The van der Waals surface area contributed by atoms with E-state index in [9.17, 15) is 9.59 Å². The van der Waals surface area contributed by atoms with Crippen LogP contribution in [0, 0.1) is 0 Å². The summed E-state index contributed by atoms with van der Waals surface area (Å²) in [6, 6.07) is 12.3. The number of alkyl halides is 3. The van der Waals surface area contributed by atoms with Crippen molar-refractivity contribution < 1.29 is 19.1 Å². The Hall–Kier alpha value is -2.41. The number of hydrogen-bond acceptors (Lipinski definition) is 5. The quantitative estimate of drug-likeness (QED) is 0.312. The fourth-order valence-electron chi connectivity index (χ4n) is 3.39. The van der Waals surface area contributed by atoms with E-state index in [2.05, 4.69) is 24.5 Å². The van der Waals surface area contributed by atoms with Gasteiger partial charge in [0.05, 0.1) is 7.11 Å². The highest BCUT2D eigenvalue weighted by Crippen LogP contribution is 2.32. The molecule has 3 rings (SSSR count). The summed E-state index contributed by atoms with van der Waals surface area (Å²) < 4.78 is 8.47. The SMILES string of the molecule is COc1ccc2c(c1)/C(=C/C(=O)c1ccc(NC(=O)OCC(Cl)(Cl)Cl)cc1)NC(C)(C)C2. The van der Waals surface area contributed by atoms with Crippen LogP contribution in [0.2, 0.25) is 0 Å². The van der Waals surface area contributed by atoms with Crippen molar-refractivity contribution in [2.75, 3.05) is 19.0 Å². The number of hydrogen-bond donors (Lipinski definition) is 2. The van der Waals surface area contributed by atoms with Crippen LogP contribution in [0.25, 0.3) is 5.70 Å². The zero-order chi connectivity index (χ0) is 23.5. The smallest absolute Gasteiger partial charge is 0.411 e. The zero-order valence-corrected chi connectivity index (χ0v) is 20.1. The van der Waals surface area contributed by atoms with E-state index in [4.69, 9.17) is 44.3 Å². The molecule has 0 atom stereocenters. The first kappa shape index (κ1) is 24.2. The van der Waals surface area contributed by atoms with E-state index in [1.54, 1.807) is 37.5 Å². The Labute approximate surface area is 201 Å². The van der Waals surface area contributed by atoms with Gasteiger partial charge in [-0.15, -0.1) is 0 Å². The topological polar surface area (TPSA) is 76.7 Å². The highest BCUT2D eigenvalue weighted by atomic mass is 35.6. The van der Waals surface area contributed by atoms with Crippen molar-refractivity contribution in [1.29, 1.82) is 0 Å². The van der Waals surface area contributed by atoms with Gasteiger partial charge in [-0.05, 0) is 62.2 Å². The van der Waals surface area contributed by atoms with E-state index in [0.717, 1.165) is 29.0 Å². The number of rotatable bonds is 5. The lowest BCUT2D eigenvalue weighted by molar-refractivity contribution is 0.104. The molecular formula is C23H23Cl3N2O4. The van der Waals surface area contributed by atoms with E-state index in [0.29, 0.717) is 11.3 Å². The first-order valence-electron chi connectivity index (χ1n) is 9.78. The van der Waals surface area contributed by atoms with E-state index in [1.807, 2.05) is 18.2 Å². The lowest BCUT2D eigenvalue weighted by atomic mass is 9.85. The maximum Gasteiger partial charge on any atom is 0.411 e. The average Bonchev–Trinajstić information content (AvgIpc) is 2.71. The average molecular weight is 498 g/mol. The molecule has 1 aliphatic heterocycles. The van der Waals surface area contributed by atoms with Crippen molar-refractivity contribution in [2.24, 2.45) is 0 Å². The van der Waals surface area contributed by atoms with E-state index < -0.39 is 9.89 Å². The molecule has 0 aromatic heterocycles. The maximum atomic E-state index is 12.9. The second kappa shape index (κ2) is 9.61. The number of ketones is 1. The van der Waals surface area contributed by atoms with Crippen LogP contribution in [0.3, 0.4) is 0 Å². The minimum absolute atomic E-state index is 0.177. The third-order valence-corrected chi connectivity index (χ3v) is 5.10. The highest BCUT2D eigenvalue weighted by Gasteiger charge is 2.28. The number of ether oxygens (including phenoxy) is 2. The predicted octanol–water partition coefficient (Wildman–Crippen LogP) is 5.76. The number of halogens is 3. The van der Waals surface area contributed by atoms with Crippen LogP contribution in [0.4, 0.5) is 10.5 Å². The van der Waals surface area contributed by atoms with Crippen molar-refractivity contribution in [3.8, 4) is 5.75 Å². The van der Waals surface area contributed by atoms with Gasteiger partial charge >= 0.3 is 6.09 Å². The molecule has 0 radical (unpaired) electrons. The van der Waals surface area contributed by atoms with Crippen molar-refractivity contribution in [3.63, 3.8) is 0 Å². The van der Waals surface area contributed by atoms with Crippen LogP contribution in [0.5, 0.6) is 5.75 Å². The van der Waals surface area contributed by atoms with Crippen LogP contribution in [0.15, 0.2) is 48.5 Å². The normalized spacial score (nSPS) is 16.0. The number of carbonyl (C=O) groups is 2. The highest BCUT2D eigenvalue weighted by molar-refractivity contribution is 6.67. The van der Waals surface area contributed by atoms with Crippen LogP contribution in [0.1, 0.15) is 35.3 Å². The van der Waals surface area contributed by atoms with Crippen molar-refractivity contribution in [1.82, 2.24) is 5.32 Å². The molecule has 0 spiro atoms. The largest absolute Gasteiger partial charge is 0.497 e. The fraction of sp³-hybridized carbons (Fsp3) is 0.304. The number of fused-ring (bicyclic) bond motifs is 1. The van der Waals surface area contributed by atoms with Gasteiger partial charge in [0.15, 0.2) is 5.78 Å². The molecule has 0 fully saturated rings. The summed E-state index contributed by atoms with van der Waals surface area (Å²) in [5, 5.41) is 5.95. The summed E-state index contributed by atoms with van der Waals surface area (Å²) in [5.74, 6) is 0.546. The Balaban J connectivity index is 1.76. The van der Waals surface area contributed by atoms with Gasteiger partial charge in [-0.1, -0.05) is 40.9 Å². The van der Waals surface area contributed by atoms with Gasteiger partial charge in [0.1, 0.15) is 12.4 Å². The molecule has 32 heavy (non-hydrogen) atoms. The summed E-state index contributed by atoms with van der Waals surface area (Å²) in [6.45, 7) is 3.78. The molecule has 0 aliphatic carbocycles. The molecule has 0 bridgehead atoms. The van der Waals surface area contributed by atoms with Gasteiger partial charge in [-0.25, -0.2) is 4.79 Å². The van der Waals surface area contributed by atoms with E-state index >= 15 is 0 Å². The molecule has 170 valence electrons. The number of nitrogens with one attached hydrogen (secondary N) is 2. The molecule has 0 saturated carbocycles. The fourth-order valence-corrected chi connectivity index (χ4v) is 3.55. The van der Waals surface area contributed by atoms with Gasteiger partial charge in [0, 0.05) is 34.1 Å². The zero-order valence-electron chi connectivity index (χ0n) is 17.8. The van der Waals surface area contributed by atoms with Crippen LogP contribution in [-0.2, 0) is 11.2 Å². The molecule has 2 N–H and O–H groups in total. The van der Waals surface area contributed by atoms with Crippen molar-refractivity contribution in [2.45, 2.75) is 29.6 Å². The number of allylic oxidation sites excluding steroid dienone is 1. The Kier molecular flexibility index (Phi) is 7.28. The predicted molar refractivity (Wildman–Crippen MR) is 128 cm³/mol. The summed E-state index contributed by atoms with van der Waals surface area (Å²) >= 11 is 16.7. The molecule has 2 aromatic carbocycles. The number of anilines is 1. The minimum Gasteiger partial charge on any atom is -0.497 e. The molecule has 6 nitrogen and oxygen atoms in total. The lowest BCUT2D eigenvalue weighted by Gasteiger charge is -2.35. The summed E-state index contributed by atoms with van der Waals surface area (Å²) in [6.07, 6.45) is 1.64. The minimum atomic E-state index is -1.69. The Morgan fingerprint density at radius 3 is 2.47 bits per heavy atom. The van der Waals surface area contributed by atoms with E-state index in [-0.39, 0.29) is 17.9 Å². The Bertz CT molecular complexity index is 1040. The van der Waals surface area contributed by atoms with Gasteiger partial charge in [-0.3, -0.25) is 10.1 Å². The summed E-state index contributed by atoms with van der Waals surface area (Å²) in [4.78, 5) is 24.7. The number of amides is 1. The first-order valence-corrected chi connectivity index (χ1v) is 10.9. The molecular weight excluding hydrogens is 475 g/mol. The molecule has 1 aliphatic rings. The van der Waals surface area contributed by atoms with Gasteiger partial charge in [0.25, 0.3) is 0 Å². The second-order valence-corrected chi connectivity index (χ2v) is 10.5. The standard InChI is InChI=1S/C23H23Cl3N2O4/c1-22(2)12-15-6-9-17(31-3)10-18(15)19(28-22)11-20(29)14-4-7-16(8-5-14)27-21(30)32-13-23(24,25)26/h4-11,28H,12-13H2,1-3H3,(H,27,30)/b19-11-. The number of benzene rings is 2. The lowest BCUT2D eigenvalue weighted by Crippen LogP contribution is -2.43. The van der Waals surface area contributed by atoms with Crippen molar-refractivity contribution in [3.05, 3.63) is 65.2 Å². The second-order valence-electron chi connectivity index (χ2n) is 8.02. The van der Waals surface area contributed by atoms with Crippen LogP contribution < -0.4 is 15.4 Å². The first-order chi connectivity index (χ1) is 15.0. The number of carbonyl (C=O) groups excluding carboxylic acids is 2. The summed E-state index contributed by atoms with van der Waals surface area (Å²) in [5.41, 5.74) is 3.52. The third kappa shape index (κ3) is 6.55. The third-order valence-electron chi connectivity index (χ3n) is 4.77. The number of methoxy groups -OCH3 is 1. The summed E-state index contributed by atoms with van der Waals surface area (Å²) in [7, 11) is 1.61. The molecule has 1 amide bonds. The molecule has 2 aromatic rings. The van der Waals surface area contributed by atoms with Crippen LogP contribution >= 0.6 is 34.8 Å². The van der Waals surface area contributed by atoms with Gasteiger partial charge in [-0.2, -0.15) is 0 Å². The van der Waals surface area contributed by atoms with Crippen molar-refractivity contribution >= 4 is 58.1 Å². The molecule has 1 heterocycles. The van der Waals surface area contributed by atoms with Crippen LogP contribution in [-0.4, -0.2) is 34.9 Å². The molecule has 0 unspecified atom stereocenters. The van der Waals surface area contributed by atoms with Gasteiger partial charge in [0.2, 0.25) is 3.79 Å². The maximum absolute atomic E-state index is 12.9. The Morgan fingerprint density at radius 2 is 1.84 bits per heavy atom. The Morgan fingerprint density at radius 1 is 1.16 bits per heavy atom. The molecule has 0 saturated heterocycles.